The Hall–Kier alpha value is -3.10. The third-order valence-corrected chi connectivity index (χ3v) is 7.17. The monoisotopic (exact) mass is 463 g/mol. The summed E-state index contributed by atoms with van der Waals surface area (Å²) in [4.78, 5) is 32.8. The van der Waals surface area contributed by atoms with E-state index in [9.17, 15) is 9.59 Å². The molecule has 2 aromatic carbocycles. The Morgan fingerprint density at radius 2 is 2.03 bits per heavy atom. The highest BCUT2D eigenvalue weighted by molar-refractivity contribution is 7.99. The molecule has 0 bridgehead atoms. The van der Waals surface area contributed by atoms with E-state index in [0.29, 0.717) is 35.1 Å². The van der Waals surface area contributed by atoms with Gasteiger partial charge in [0, 0.05) is 0 Å². The van der Waals surface area contributed by atoms with E-state index >= 15 is 0 Å². The predicted octanol–water partition coefficient (Wildman–Crippen LogP) is 4.33. The number of anilines is 1. The molecule has 0 radical (unpaired) electrons. The van der Waals surface area contributed by atoms with Crippen LogP contribution in [0.3, 0.4) is 0 Å². The van der Waals surface area contributed by atoms with Crippen LogP contribution in [0, 0.1) is 6.92 Å². The van der Waals surface area contributed by atoms with Crippen LogP contribution in [-0.4, -0.2) is 34.4 Å². The van der Waals surface area contributed by atoms with Gasteiger partial charge in [0.05, 0.1) is 30.0 Å². The van der Waals surface area contributed by atoms with Gasteiger partial charge in [-0.1, -0.05) is 48.2 Å². The Balaban J connectivity index is 1.43. The van der Waals surface area contributed by atoms with Crippen LogP contribution in [0.25, 0.3) is 10.2 Å². The Kier molecular flexibility index (Phi) is 5.71. The normalized spacial score (nSPS) is 13.1. The molecule has 0 spiro atoms. The summed E-state index contributed by atoms with van der Waals surface area (Å²) in [5.41, 5.74) is 3.48. The Morgan fingerprint density at radius 3 is 2.88 bits per heavy atom. The summed E-state index contributed by atoms with van der Waals surface area (Å²) in [7, 11) is 0. The molecule has 4 aromatic rings. The molecule has 0 saturated heterocycles. The smallest absolute Gasteiger partial charge is 0.272 e. The molecule has 0 atom stereocenters. The molecule has 162 valence electrons. The lowest BCUT2D eigenvalue weighted by molar-refractivity contribution is -0.116. The number of thiophene rings is 1. The number of amides is 1. The van der Waals surface area contributed by atoms with Gasteiger partial charge in [0.1, 0.15) is 17.1 Å². The molecule has 0 unspecified atom stereocenters. The fourth-order valence-corrected chi connectivity index (χ4v) is 5.38. The van der Waals surface area contributed by atoms with E-state index in [0.717, 1.165) is 22.6 Å². The second-order valence-electron chi connectivity index (χ2n) is 7.56. The van der Waals surface area contributed by atoms with E-state index in [-0.39, 0.29) is 17.2 Å². The van der Waals surface area contributed by atoms with Crippen LogP contribution < -0.4 is 15.2 Å². The van der Waals surface area contributed by atoms with E-state index in [4.69, 9.17) is 9.72 Å². The molecule has 6 nitrogen and oxygen atoms in total. The standard InChI is InChI=1S/C24H21N3O3S2/c1-16-7-8-20-19(13-16)26(10-11-30-20)21(28)15-32-24-25-18-9-12-31-22(18)23(29)27(24)14-17-5-3-2-4-6-17/h2-9,12-13H,10-11,14-15H2,1H3. The lowest BCUT2D eigenvalue weighted by Crippen LogP contribution is -2.39. The number of aryl methyl sites for hydroxylation is 1. The minimum atomic E-state index is -0.0730. The van der Waals surface area contributed by atoms with Crippen LogP contribution in [0.5, 0.6) is 5.75 Å². The average Bonchev–Trinajstić information content (AvgIpc) is 3.29. The van der Waals surface area contributed by atoms with Gasteiger partial charge in [-0.05, 0) is 41.6 Å². The van der Waals surface area contributed by atoms with Crippen molar-refractivity contribution >= 4 is 44.9 Å². The Bertz CT molecular complexity index is 1350. The molecule has 1 aliphatic heterocycles. The summed E-state index contributed by atoms with van der Waals surface area (Å²) in [6.45, 7) is 3.37. The highest BCUT2D eigenvalue weighted by Crippen LogP contribution is 2.33. The number of hydrogen-bond donors (Lipinski definition) is 0. The molecule has 1 aliphatic rings. The first-order valence-electron chi connectivity index (χ1n) is 10.3. The minimum Gasteiger partial charge on any atom is -0.490 e. The van der Waals surface area contributed by atoms with Gasteiger partial charge in [0.2, 0.25) is 5.91 Å². The molecule has 5 rings (SSSR count). The summed E-state index contributed by atoms with van der Waals surface area (Å²) in [6, 6.07) is 17.5. The van der Waals surface area contributed by atoms with Crippen molar-refractivity contribution in [2.75, 3.05) is 23.8 Å². The Morgan fingerprint density at radius 1 is 1.19 bits per heavy atom. The fraction of sp³-hybridized carbons (Fsp3) is 0.208. The van der Waals surface area contributed by atoms with E-state index in [2.05, 4.69) is 0 Å². The van der Waals surface area contributed by atoms with Crippen LogP contribution in [0.2, 0.25) is 0 Å². The average molecular weight is 464 g/mol. The van der Waals surface area contributed by atoms with Crippen molar-refractivity contribution in [2.24, 2.45) is 0 Å². The third kappa shape index (κ3) is 4.03. The molecule has 32 heavy (non-hydrogen) atoms. The summed E-state index contributed by atoms with van der Waals surface area (Å²) in [5.74, 6) is 0.875. The van der Waals surface area contributed by atoms with Crippen molar-refractivity contribution < 1.29 is 9.53 Å². The van der Waals surface area contributed by atoms with Crippen molar-refractivity contribution in [2.45, 2.75) is 18.6 Å². The van der Waals surface area contributed by atoms with Gasteiger partial charge in [0.25, 0.3) is 5.56 Å². The molecule has 8 heteroatoms. The SMILES string of the molecule is Cc1ccc2c(c1)N(C(=O)CSc1nc3ccsc3c(=O)n1Cc1ccccc1)CCO2. The van der Waals surface area contributed by atoms with E-state index in [1.807, 2.05) is 66.9 Å². The summed E-state index contributed by atoms with van der Waals surface area (Å²) in [5, 5.41) is 2.43. The van der Waals surface area contributed by atoms with Crippen molar-refractivity contribution in [3.05, 3.63) is 81.5 Å². The molecule has 0 fully saturated rings. The summed E-state index contributed by atoms with van der Waals surface area (Å²) >= 11 is 2.70. The van der Waals surface area contributed by atoms with Gasteiger partial charge in [-0.2, -0.15) is 0 Å². The molecule has 1 amide bonds. The number of carbonyl (C=O) groups excluding carboxylic acids is 1. The van der Waals surface area contributed by atoms with Crippen LogP contribution in [0.1, 0.15) is 11.1 Å². The molecule has 0 saturated carbocycles. The van der Waals surface area contributed by atoms with Gasteiger partial charge in [-0.3, -0.25) is 14.2 Å². The maximum Gasteiger partial charge on any atom is 0.272 e. The number of ether oxygens (including phenoxy) is 1. The number of aromatic nitrogens is 2. The zero-order valence-electron chi connectivity index (χ0n) is 17.5. The van der Waals surface area contributed by atoms with E-state index < -0.39 is 0 Å². The van der Waals surface area contributed by atoms with Crippen LogP contribution in [0.15, 0.2) is 69.9 Å². The van der Waals surface area contributed by atoms with Crippen molar-refractivity contribution in [1.82, 2.24) is 9.55 Å². The molecule has 0 aliphatic carbocycles. The van der Waals surface area contributed by atoms with Crippen molar-refractivity contribution in [3.63, 3.8) is 0 Å². The number of fused-ring (bicyclic) bond motifs is 2. The fourth-order valence-electron chi connectivity index (χ4n) is 3.73. The number of nitrogens with zero attached hydrogens (tertiary/aromatic N) is 3. The number of hydrogen-bond acceptors (Lipinski definition) is 6. The van der Waals surface area contributed by atoms with Crippen LogP contribution in [0.4, 0.5) is 5.69 Å². The first-order chi connectivity index (χ1) is 15.6. The van der Waals surface area contributed by atoms with E-state index in [1.54, 1.807) is 9.47 Å². The van der Waals surface area contributed by atoms with Gasteiger partial charge in [0.15, 0.2) is 5.16 Å². The molecule has 2 aromatic heterocycles. The minimum absolute atomic E-state index is 0.0314. The van der Waals surface area contributed by atoms with Gasteiger partial charge in [-0.25, -0.2) is 4.98 Å². The number of carbonyl (C=O) groups is 1. The first-order valence-corrected chi connectivity index (χ1v) is 12.2. The second-order valence-corrected chi connectivity index (χ2v) is 9.42. The lowest BCUT2D eigenvalue weighted by Gasteiger charge is -2.29. The van der Waals surface area contributed by atoms with Gasteiger partial charge >= 0.3 is 0 Å². The molecule has 3 heterocycles. The van der Waals surface area contributed by atoms with Crippen molar-refractivity contribution in [1.29, 1.82) is 0 Å². The van der Waals surface area contributed by atoms with E-state index in [1.165, 1.54) is 23.1 Å². The second kappa shape index (κ2) is 8.80. The number of thioether (sulfide) groups is 1. The summed E-state index contributed by atoms with van der Waals surface area (Å²) in [6.07, 6.45) is 0. The summed E-state index contributed by atoms with van der Waals surface area (Å²) < 4.78 is 8.01. The van der Waals surface area contributed by atoms with Gasteiger partial charge < -0.3 is 9.64 Å². The lowest BCUT2D eigenvalue weighted by atomic mass is 10.1. The zero-order valence-corrected chi connectivity index (χ0v) is 19.1. The number of benzene rings is 2. The molecule has 0 N–H and O–H groups in total. The Labute approximate surface area is 193 Å². The maximum atomic E-state index is 13.2. The zero-order chi connectivity index (χ0) is 22.1. The topological polar surface area (TPSA) is 64.4 Å². The quantitative estimate of drug-likeness (QED) is 0.326. The third-order valence-electron chi connectivity index (χ3n) is 5.32. The van der Waals surface area contributed by atoms with Crippen LogP contribution in [-0.2, 0) is 11.3 Å². The van der Waals surface area contributed by atoms with Crippen molar-refractivity contribution in [3.8, 4) is 5.75 Å². The van der Waals surface area contributed by atoms with Gasteiger partial charge in [-0.15, -0.1) is 11.3 Å². The molecular weight excluding hydrogens is 442 g/mol. The highest BCUT2D eigenvalue weighted by atomic mass is 32.2. The first kappa shape index (κ1) is 20.8. The maximum absolute atomic E-state index is 13.2. The highest BCUT2D eigenvalue weighted by Gasteiger charge is 2.24. The molecular formula is C24H21N3O3S2. The number of rotatable bonds is 5. The predicted molar refractivity (Wildman–Crippen MR) is 129 cm³/mol. The largest absolute Gasteiger partial charge is 0.490 e. The van der Waals surface area contributed by atoms with Crippen LogP contribution >= 0.6 is 23.1 Å².